The maximum atomic E-state index is 12.0. The summed E-state index contributed by atoms with van der Waals surface area (Å²) >= 11 is 0. The summed E-state index contributed by atoms with van der Waals surface area (Å²) in [6.07, 6.45) is 6.72. The summed E-state index contributed by atoms with van der Waals surface area (Å²) in [5.74, 6) is 5.37. The van der Waals surface area contributed by atoms with Gasteiger partial charge >= 0.3 is 0 Å². The third-order valence-electron chi connectivity index (χ3n) is 3.87. The van der Waals surface area contributed by atoms with Crippen molar-refractivity contribution in [3.63, 3.8) is 0 Å². The second kappa shape index (κ2) is 7.49. The van der Waals surface area contributed by atoms with Gasteiger partial charge < -0.3 is 11.5 Å². The summed E-state index contributed by atoms with van der Waals surface area (Å²) in [6, 6.07) is 4.28. The van der Waals surface area contributed by atoms with Crippen molar-refractivity contribution in [3.05, 3.63) is 29.3 Å². The molecule has 0 bridgehead atoms. The molecular formula is C17H21N3O3S. The highest BCUT2D eigenvalue weighted by molar-refractivity contribution is 7.90. The maximum Gasteiger partial charge on any atom is 0.280 e. The fraction of sp³-hybridized carbons (Fsp3) is 0.412. The lowest BCUT2D eigenvalue weighted by Crippen LogP contribution is -2.24. The van der Waals surface area contributed by atoms with E-state index in [1.165, 1.54) is 24.6 Å². The summed E-state index contributed by atoms with van der Waals surface area (Å²) in [5, 5.41) is 0. The van der Waals surface area contributed by atoms with Gasteiger partial charge in [0.2, 0.25) is 0 Å². The van der Waals surface area contributed by atoms with Gasteiger partial charge in [-0.1, -0.05) is 31.1 Å². The number of carbonyl (C=O) groups is 1. The van der Waals surface area contributed by atoms with Crippen LogP contribution in [0.3, 0.4) is 0 Å². The molecule has 1 aliphatic carbocycles. The Balaban J connectivity index is 2.40. The first-order chi connectivity index (χ1) is 11.3. The summed E-state index contributed by atoms with van der Waals surface area (Å²) in [4.78, 5) is 15.3. The van der Waals surface area contributed by atoms with E-state index >= 15 is 0 Å². The number of sulfone groups is 1. The first-order valence-corrected chi connectivity index (χ1v) is 9.66. The van der Waals surface area contributed by atoms with Crippen LogP contribution in [0.5, 0.6) is 0 Å². The Hall–Kier alpha value is -2.33. The lowest BCUT2D eigenvalue weighted by atomic mass is 9.89. The Bertz CT molecular complexity index is 822. The van der Waals surface area contributed by atoms with E-state index in [-0.39, 0.29) is 16.4 Å². The van der Waals surface area contributed by atoms with Crippen LogP contribution in [0.15, 0.2) is 28.1 Å². The number of hydrogen-bond donors (Lipinski definition) is 2. The van der Waals surface area contributed by atoms with E-state index in [0.29, 0.717) is 11.5 Å². The van der Waals surface area contributed by atoms with E-state index in [4.69, 9.17) is 11.5 Å². The minimum atomic E-state index is -3.54. The molecule has 0 spiro atoms. The van der Waals surface area contributed by atoms with Crippen LogP contribution in [0.4, 0.5) is 0 Å². The topological polar surface area (TPSA) is 116 Å². The van der Waals surface area contributed by atoms with Gasteiger partial charge in [-0.05, 0) is 31.0 Å². The molecule has 0 atom stereocenters. The lowest BCUT2D eigenvalue weighted by molar-refractivity contribution is 0.100. The molecule has 6 nitrogen and oxygen atoms in total. The molecule has 1 saturated carbocycles. The van der Waals surface area contributed by atoms with E-state index < -0.39 is 15.7 Å². The van der Waals surface area contributed by atoms with Crippen LogP contribution in [0.25, 0.3) is 0 Å². The highest BCUT2D eigenvalue weighted by Gasteiger charge is 2.16. The minimum absolute atomic E-state index is 0.0162. The summed E-state index contributed by atoms with van der Waals surface area (Å²) < 4.78 is 24.1. The number of carbonyl (C=O) groups excluding carboxylic acids is 1. The average Bonchev–Trinajstić information content (AvgIpc) is 2.52. The standard InChI is InChI=1S/C17H21N3O3S/c1-24(22,23)15-11-14(16(21)20-17(18)19)10-9-13(15)8-7-12-5-3-2-4-6-12/h9-12H,2-6H2,1H3,(H4,18,19,20,21). The van der Waals surface area contributed by atoms with Gasteiger partial charge in [0.1, 0.15) is 0 Å². The van der Waals surface area contributed by atoms with Crippen LogP contribution in [0.1, 0.15) is 48.0 Å². The highest BCUT2D eigenvalue weighted by Crippen LogP contribution is 2.23. The smallest absolute Gasteiger partial charge is 0.280 e. The van der Waals surface area contributed by atoms with Crippen LogP contribution in [-0.2, 0) is 9.84 Å². The van der Waals surface area contributed by atoms with Gasteiger partial charge in [0.15, 0.2) is 15.8 Å². The van der Waals surface area contributed by atoms with E-state index in [9.17, 15) is 13.2 Å². The van der Waals surface area contributed by atoms with E-state index in [0.717, 1.165) is 31.9 Å². The monoisotopic (exact) mass is 347 g/mol. The number of hydrogen-bond acceptors (Lipinski definition) is 3. The Kier molecular flexibility index (Phi) is 5.62. The van der Waals surface area contributed by atoms with Gasteiger partial charge in [-0.3, -0.25) is 4.79 Å². The quantitative estimate of drug-likeness (QED) is 0.477. The summed E-state index contributed by atoms with van der Waals surface area (Å²) in [7, 11) is -3.54. The molecule has 0 saturated heterocycles. The Labute approximate surface area is 142 Å². The van der Waals surface area contributed by atoms with Crippen molar-refractivity contribution in [2.24, 2.45) is 22.4 Å². The molecule has 24 heavy (non-hydrogen) atoms. The van der Waals surface area contributed by atoms with Crippen LogP contribution < -0.4 is 11.5 Å². The van der Waals surface area contributed by atoms with Crippen molar-refractivity contribution in [2.45, 2.75) is 37.0 Å². The van der Waals surface area contributed by atoms with Crippen molar-refractivity contribution in [1.29, 1.82) is 0 Å². The number of amides is 1. The first-order valence-electron chi connectivity index (χ1n) is 7.77. The maximum absolute atomic E-state index is 12.0. The minimum Gasteiger partial charge on any atom is -0.370 e. The fourth-order valence-corrected chi connectivity index (χ4v) is 3.53. The van der Waals surface area contributed by atoms with Gasteiger partial charge in [0, 0.05) is 23.3 Å². The van der Waals surface area contributed by atoms with E-state index in [2.05, 4.69) is 16.8 Å². The van der Waals surface area contributed by atoms with Gasteiger partial charge in [-0.2, -0.15) is 4.99 Å². The van der Waals surface area contributed by atoms with Crippen molar-refractivity contribution in [2.75, 3.05) is 6.26 Å². The predicted molar refractivity (Wildman–Crippen MR) is 93.1 cm³/mol. The van der Waals surface area contributed by atoms with Crippen molar-refractivity contribution < 1.29 is 13.2 Å². The molecular weight excluding hydrogens is 326 g/mol. The summed E-state index contributed by atoms with van der Waals surface area (Å²) in [6.45, 7) is 0. The molecule has 1 aromatic rings. The lowest BCUT2D eigenvalue weighted by Gasteiger charge is -2.15. The van der Waals surface area contributed by atoms with Gasteiger partial charge in [0.05, 0.1) is 4.90 Å². The number of aliphatic imine (C=N–C) groups is 1. The molecule has 128 valence electrons. The zero-order valence-corrected chi connectivity index (χ0v) is 14.4. The second-order valence-electron chi connectivity index (χ2n) is 5.93. The molecule has 1 aromatic carbocycles. The Morgan fingerprint density at radius 3 is 2.46 bits per heavy atom. The number of guanidine groups is 1. The molecule has 1 fully saturated rings. The Morgan fingerprint density at radius 2 is 1.88 bits per heavy atom. The third kappa shape index (κ3) is 4.83. The largest absolute Gasteiger partial charge is 0.370 e. The van der Waals surface area contributed by atoms with Crippen LogP contribution >= 0.6 is 0 Å². The molecule has 4 N–H and O–H groups in total. The zero-order valence-electron chi connectivity index (χ0n) is 13.6. The molecule has 0 radical (unpaired) electrons. The third-order valence-corrected chi connectivity index (χ3v) is 5.01. The summed E-state index contributed by atoms with van der Waals surface area (Å²) in [5.41, 5.74) is 10.9. The first kappa shape index (κ1) is 18.0. The molecule has 7 heteroatoms. The Morgan fingerprint density at radius 1 is 1.21 bits per heavy atom. The van der Waals surface area contributed by atoms with E-state index in [1.54, 1.807) is 0 Å². The van der Waals surface area contributed by atoms with E-state index in [1.807, 2.05) is 0 Å². The molecule has 0 heterocycles. The van der Waals surface area contributed by atoms with Gasteiger partial charge in [-0.15, -0.1) is 0 Å². The zero-order chi connectivity index (χ0) is 17.7. The number of nitrogens with zero attached hydrogens (tertiary/aromatic N) is 1. The average molecular weight is 347 g/mol. The number of rotatable bonds is 2. The van der Waals surface area contributed by atoms with Crippen LogP contribution in [0, 0.1) is 17.8 Å². The molecule has 1 aliphatic rings. The van der Waals surface area contributed by atoms with Crippen molar-refractivity contribution in [3.8, 4) is 11.8 Å². The molecule has 0 aliphatic heterocycles. The molecule has 0 aromatic heterocycles. The fourth-order valence-electron chi connectivity index (χ4n) is 2.67. The van der Waals surface area contributed by atoms with Gasteiger partial charge in [-0.25, -0.2) is 8.42 Å². The van der Waals surface area contributed by atoms with Crippen LogP contribution in [0.2, 0.25) is 0 Å². The van der Waals surface area contributed by atoms with Crippen molar-refractivity contribution >= 4 is 21.7 Å². The number of nitrogens with two attached hydrogens (primary N) is 2. The predicted octanol–water partition coefficient (Wildman–Crippen LogP) is 1.44. The molecule has 2 rings (SSSR count). The van der Waals surface area contributed by atoms with Gasteiger partial charge in [0.25, 0.3) is 5.91 Å². The second-order valence-corrected chi connectivity index (χ2v) is 7.91. The SMILES string of the molecule is CS(=O)(=O)c1cc(C(=O)N=C(N)N)ccc1C#CC1CCCCC1. The van der Waals surface area contributed by atoms with Crippen molar-refractivity contribution in [1.82, 2.24) is 0 Å². The highest BCUT2D eigenvalue weighted by atomic mass is 32.2. The molecule has 1 amide bonds. The molecule has 0 unspecified atom stereocenters. The van der Waals surface area contributed by atoms with Crippen LogP contribution in [-0.4, -0.2) is 26.5 Å². The number of benzene rings is 1. The normalized spacial score (nSPS) is 15.2.